The Bertz CT molecular complexity index is 505. The first-order valence-electron chi connectivity index (χ1n) is 6.60. The molecule has 0 spiro atoms. The lowest BCUT2D eigenvalue weighted by atomic mass is 9.83. The zero-order chi connectivity index (χ0) is 14.0. The van der Waals surface area contributed by atoms with Crippen molar-refractivity contribution < 1.29 is 9.18 Å². The third-order valence-corrected chi connectivity index (χ3v) is 3.55. The van der Waals surface area contributed by atoms with E-state index < -0.39 is 5.41 Å². The van der Waals surface area contributed by atoms with Gasteiger partial charge in [-0.15, -0.1) is 0 Å². The molecule has 3 nitrogen and oxygen atoms in total. The van der Waals surface area contributed by atoms with Crippen LogP contribution >= 0.6 is 0 Å². The van der Waals surface area contributed by atoms with Gasteiger partial charge in [-0.25, -0.2) is 4.39 Å². The molecular weight excluding hydrogens is 243 g/mol. The van der Waals surface area contributed by atoms with Gasteiger partial charge >= 0.3 is 0 Å². The minimum Gasteiger partial charge on any atom is -0.312 e. The third kappa shape index (κ3) is 2.67. The van der Waals surface area contributed by atoms with Gasteiger partial charge in [-0.05, 0) is 38.0 Å². The van der Waals surface area contributed by atoms with E-state index in [4.69, 9.17) is 0 Å². The minimum atomic E-state index is -0.425. The lowest BCUT2D eigenvalue weighted by Crippen LogP contribution is -2.40. The molecule has 1 unspecified atom stereocenters. The summed E-state index contributed by atoms with van der Waals surface area (Å²) in [5.74, 6) is 0.371. The summed E-state index contributed by atoms with van der Waals surface area (Å²) >= 11 is 0. The van der Waals surface area contributed by atoms with Gasteiger partial charge in [0.25, 0.3) is 0 Å². The second-order valence-electron chi connectivity index (χ2n) is 5.40. The van der Waals surface area contributed by atoms with Gasteiger partial charge in [0.15, 0.2) is 0 Å². The second kappa shape index (κ2) is 5.11. The summed E-state index contributed by atoms with van der Waals surface area (Å²) in [6, 6.07) is 6.05. The van der Waals surface area contributed by atoms with E-state index in [1.807, 2.05) is 20.8 Å². The van der Waals surface area contributed by atoms with Crippen molar-refractivity contribution in [2.24, 2.45) is 4.99 Å². The van der Waals surface area contributed by atoms with E-state index in [1.54, 1.807) is 12.1 Å². The number of hydrogen-bond acceptors (Lipinski definition) is 2. The third-order valence-electron chi connectivity index (χ3n) is 3.55. The lowest BCUT2D eigenvalue weighted by Gasteiger charge is -2.25. The molecule has 2 rings (SSSR count). The van der Waals surface area contributed by atoms with Crippen LogP contribution in [0, 0.1) is 5.82 Å². The fraction of sp³-hybridized carbons (Fsp3) is 0.467. The zero-order valence-electron chi connectivity index (χ0n) is 11.5. The fourth-order valence-electron chi connectivity index (χ4n) is 2.24. The molecule has 0 saturated heterocycles. The summed E-state index contributed by atoms with van der Waals surface area (Å²) in [6.45, 7) is 5.99. The highest BCUT2D eigenvalue weighted by molar-refractivity contribution is 6.10. The number of halogens is 1. The Kier molecular flexibility index (Phi) is 3.69. The highest BCUT2D eigenvalue weighted by Crippen LogP contribution is 2.27. The maximum Gasteiger partial charge on any atom is 0.250 e. The van der Waals surface area contributed by atoms with Crippen molar-refractivity contribution in [3.63, 3.8) is 0 Å². The van der Waals surface area contributed by atoms with Gasteiger partial charge in [-0.2, -0.15) is 0 Å². The van der Waals surface area contributed by atoms with Crippen molar-refractivity contribution in [2.45, 2.75) is 45.1 Å². The highest BCUT2D eigenvalue weighted by atomic mass is 19.1. The Morgan fingerprint density at radius 2 is 1.95 bits per heavy atom. The Balaban J connectivity index is 2.27. The van der Waals surface area contributed by atoms with E-state index in [-0.39, 0.29) is 17.8 Å². The normalized spacial score (nSPS) is 19.3. The molecule has 1 aromatic rings. The van der Waals surface area contributed by atoms with Crippen LogP contribution in [0.2, 0.25) is 0 Å². The largest absolute Gasteiger partial charge is 0.312 e. The fourth-order valence-corrected chi connectivity index (χ4v) is 2.24. The Morgan fingerprint density at radius 1 is 1.32 bits per heavy atom. The van der Waals surface area contributed by atoms with E-state index in [9.17, 15) is 9.18 Å². The van der Waals surface area contributed by atoms with Crippen LogP contribution in [0.25, 0.3) is 0 Å². The van der Waals surface area contributed by atoms with Crippen LogP contribution in [0.1, 0.15) is 39.2 Å². The summed E-state index contributed by atoms with van der Waals surface area (Å²) < 4.78 is 13.0. The van der Waals surface area contributed by atoms with Crippen LogP contribution in [0.15, 0.2) is 29.3 Å². The van der Waals surface area contributed by atoms with Crippen LogP contribution in [0.3, 0.4) is 0 Å². The zero-order valence-corrected chi connectivity index (χ0v) is 11.5. The van der Waals surface area contributed by atoms with Crippen LogP contribution in [0.4, 0.5) is 4.39 Å². The summed E-state index contributed by atoms with van der Waals surface area (Å²) in [6.07, 6.45) is 1.68. The smallest absolute Gasteiger partial charge is 0.250 e. The van der Waals surface area contributed by atoms with Crippen LogP contribution in [-0.4, -0.2) is 17.8 Å². The van der Waals surface area contributed by atoms with Gasteiger partial charge in [-0.1, -0.05) is 25.5 Å². The first kappa shape index (κ1) is 13.7. The molecule has 4 heteroatoms. The molecule has 1 aliphatic heterocycles. The number of carbonyl (C=O) groups is 1. The van der Waals surface area contributed by atoms with Crippen molar-refractivity contribution >= 4 is 11.7 Å². The van der Waals surface area contributed by atoms with Crippen LogP contribution in [-0.2, 0) is 10.2 Å². The molecule has 0 fully saturated rings. The molecule has 0 saturated carbocycles. The molecule has 19 heavy (non-hydrogen) atoms. The van der Waals surface area contributed by atoms with Crippen molar-refractivity contribution in [2.75, 3.05) is 0 Å². The first-order chi connectivity index (χ1) is 8.95. The standard InChI is InChI=1S/C15H19FN2O/c1-4-5-12-13(19)18-14(17-12)15(2,3)10-6-8-11(16)9-7-10/h6-9,12H,4-5H2,1-3H3,(H,17,18,19). The topological polar surface area (TPSA) is 41.5 Å². The second-order valence-corrected chi connectivity index (χ2v) is 5.40. The molecule has 0 aliphatic carbocycles. The van der Waals surface area contributed by atoms with Crippen molar-refractivity contribution in [1.82, 2.24) is 5.32 Å². The molecule has 0 bridgehead atoms. The average Bonchev–Trinajstić information content (AvgIpc) is 2.73. The molecule has 1 aliphatic rings. The van der Waals surface area contributed by atoms with Gasteiger partial charge < -0.3 is 5.32 Å². The number of hydrogen-bond donors (Lipinski definition) is 1. The van der Waals surface area contributed by atoms with Gasteiger partial charge in [0, 0.05) is 5.41 Å². The maximum atomic E-state index is 13.0. The number of rotatable bonds is 4. The monoisotopic (exact) mass is 262 g/mol. The summed E-state index contributed by atoms with van der Waals surface area (Å²) in [5, 5.41) is 2.86. The van der Waals surface area contributed by atoms with Gasteiger partial charge in [0.05, 0.1) is 0 Å². The molecule has 102 valence electrons. The van der Waals surface area contributed by atoms with Gasteiger partial charge in [0.2, 0.25) is 5.91 Å². The van der Waals surface area contributed by atoms with Crippen LogP contribution < -0.4 is 5.32 Å². The predicted molar refractivity (Wildman–Crippen MR) is 73.7 cm³/mol. The number of amides is 1. The number of benzene rings is 1. The van der Waals surface area contributed by atoms with E-state index in [1.165, 1.54) is 12.1 Å². The predicted octanol–water partition coefficient (Wildman–Crippen LogP) is 2.80. The van der Waals surface area contributed by atoms with Crippen molar-refractivity contribution in [3.8, 4) is 0 Å². The number of amidine groups is 1. The Morgan fingerprint density at radius 3 is 2.53 bits per heavy atom. The molecule has 1 N–H and O–H groups in total. The van der Waals surface area contributed by atoms with Crippen molar-refractivity contribution in [3.05, 3.63) is 35.6 Å². The number of aliphatic imine (C=N–C) groups is 1. The first-order valence-corrected chi connectivity index (χ1v) is 6.60. The number of nitrogens with zero attached hydrogens (tertiary/aromatic N) is 1. The van der Waals surface area contributed by atoms with E-state index in [2.05, 4.69) is 10.3 Å². The summed E-state index contributed by atoms with van der Waals surface area (Å²) in [5.41, 5.74) is 0.511. The molecule has 0 aromatic heterocycles. The number of carbonyl (C=O) groups excluding carboxylic acids is 1. The Labute approximate surface area is 112 Å². The average molecular weight is 262 g/mol. The SMILES string of the molecule is CCCC1N=C(C(C)(C)c2ccc(F)cc2)NC1=O. The van der Waals surface area contributed by atoms with Crippen LogP contribution in [0.5, 0.6) is 0 Å². The molecule has 1 heterocycles. The number of nitrogens with one attached hydrogen (secondary N) is 1. The molecule has 1 aromatic carbocycles. The van der Waals surface area contributed by atoms with Gasteiger partial charge in [0.1, 0.15) is 17.7 Å². The summed E-state index contributed by atoms with van der Waals surface area (Å²) in [7, 11) is 0. The summed E-state index contributed by atoms with van der Waals surface area (Å²) in [4.78, 5) is 16.3. The molecular formula is C15H19FN2O. The maximum absolute atomic E-state index is 13.0. The molecule has 1 amide bonds. The Hall–Kier alpha value is -1.71. The minimum absolute atomic E-state index is 0.0352. The van der Waals surface area contributed by atoms with E-state index in [0.29, 0.717) is 5.84 Å². The van der Waals surface area contributed by atoms with E-state index in [0.717, 1.165) is 18.4 Å². The van der Waals surface area contributed by atoms with Gasteiger partial charge in [-0.3, -0.25) is 9.79 Å². The van der Waals surface area contributed by atoms with E-state index >= 15 is 0 Å². The molecule has 1 atom stereocenters. The van der Waals surface area contributed by atoms with Crippen molar-refractivity contribution in [1.29, 1.82) is 0 Å². The highest BCUT2D eigenvalue weighted by Gasteiger charge is 2.35. The quantitative estimate of drug-likeness (QED) is 0.890. The lowest BCUT2D eigenvalue weighted by molar-refractivity contribution is -0.120. The molecule has 0 radical (unpaired) electrons.